The number of nitrogens with two attached hydrogens (primary N) is 1. The van der Waals surface area contributed by atoms with Gasteiger partial charge in [-0.3, -0.25) is 9.59 Å². The van der Waals surface area contributed by atoms with Crippen LogP contribution in [0.5, 0.6) is 11.5 Å². The maximum Gasteiger partial charge on any atom is 0.257 e. The lowest BCUT2D eigenvalue weighted by Crippen LogP contribution is -2.48. The van der Waals surface area contributed by atoms with Crippen molar-refractivity contribution in [2.24, 2.45) is 5.73 Å². The zero-order chi connectivity index (χ0) is 30.1. The molecule has 5 aromatic rings. The van der Waals surface area contributed by atoms with Gasteiger partial charge in [0.15, 0.2) is 0 Å². The number of anilines is 1. The number of para-hydroxylation sites is 1. The molecule has 0 aliphatic carbocycles. The van der Waals surface area contributed by atoms with Gasteiger partial charge in [0, 0.05) is 59.1 Å². The second-order valence-electron chi connectivity index (χ2n) is 10.7. The summed E-state index contributed by atoms with van der Waals surface area (Å²) < 4.78 is 1.90. The number of benzene rings is 4. The molecular formula is C35H32N4O4. The molecule has 0 radical (unpaired) electrons. The normalized spacial score (nSPS) is 14.3. The lowest BCUT2D eigenvalue weighted by atomic mass is 9.91. The van der Waals surface area contributed by atoms with Crippen LogP contribution in [0.4, 0.5) is 5.69 Å². The molecule has 6 rings (SSSR count). The molecule has 0 saturated carbocycles. The number of nitrogens with zero attached hydrogens (tertiary/aromatic N) is 2. The molecule has 0 spiro atoms. The van der Waals surface area contributed by atoms with Crippen LogP contribution < -0.4 is 11.1 Å². The van der Waals surface area contributed by atoms with Crippen molar-refractivity contribution in [2.45, 2.75) is 25.9 Å². The van der Waals surface area contributed by atoms with Crippen LogP contribution in [0.25, 0.3) is 16.8 Å². The predicted octanol–water partition coefficient (Wildman–Crippen LogP) is 5.64. The molecule has 4 aromatic carbocycles. The fourth-order valence-corrected chi connectivity index (χ4v) is 5.83. The van der Waals surface area contributed by atoms with Crippen LogP contribution in [0.2, 0.25) is 0 Å². The van der Waals surface area contributed by atoms with Crippen LogP contribution in [-0.2, 0) is 13.0 Å². The van der Waals surface area contributed by atoms with Gasteiger partial charge >= 0.3 is 0 Å². The third kappa shape index (κ3) is 5.36. The lowest BCUT2D eigenvalue weighted by Gasteiger charge is -2.37. The van der Waals surface area contributed by atoms with E-state index in [0.717, 1.165) is 16.9 Å². The van der Waals surface area contributed by atoms with E-state index in [0.29, 0.717) is 47.5 Å². The minimum absolute atomic E-state index is 0.0253. The number of phenolic OH excluding ortho intramolecular Hbond substituents is 2. The fourth-order valence-electron chi connectivity index (χ4n) is 5.83. The van der Waals surface area contributed by atoms with Crippen LogP contribution in [0.3, 0.4) is 0 Å². The summed E-state index contributed by atoms with van der Waals surface area (Å²) in [6.45, 7) is 2.60. The molecule has 0 fully saturated rings. The van der Waals surface area contributed by atoms with Crippen molar-refractivity contribution in [2.75, 3.05) is 11.9 Å². The summed E-state index contributed by atoms with van der Waals surface area (Å²) in [5, 5.41) is 23.2. The first-order valence-electron chi connectivity index (χ1n) is 14.1. The van der Waals surface area contributed by atoms with Gasteiger partial charge in [0.05, 0.1) is 5.56 Å². The molecule has 1 aliphatic rings. The molecule has 8 nitrogen and oxygen atoms in total. The van der Waals surface area contributed by atoms with E-state index in [1.54, 1.807) is 29.3 Å². The van der Waals surface area contributed by atoms with Crippen LogP contribution in [0, 0.1) is 6.92 Å². The summed E-state index contributed by atoms with van der Waals surface area (Å²) in [7, 11) is 0. The number of carbonyl (C=O) groups excluding carboxylic acids is 2. The number of aromatic nitrogens is 1. The SMILES string of the molecule is Cc1c(-c2cc(O)ccc2C(=O)N2Cc3ccccc3C[C@H]2CN)c(C(=O)Nc2ccc(O)cc2)cn1-c1ccccc1. The van der Waals surface area contributed by atoms with Crippen LogP contribution in [-0.4, -0.2) is 44.1 Å². The van der Waals surface area contributed by atoms with Gasteiger partial charge in [0.2, 0.25) is 0 Å². The number of phenols is 2. The predicted molar refractivity (Wildman–Crippen MR) is 167 cm³/mol. The molecule has 0 unspecified atom stereocenters. The number of hydrogen-bond donors (Lipinski definition) is 4. The number of nitrogens with one attached hydrogen (secondary N) is 1. The van der Waals surface area contributed by atoms with Gasteiger partial charge in [-0.05, 0) is 79.1 Å². The van der Waals surface area contributed by atoms with Crippen molar-refractivity contribution in [3.63, 3.8) is 0 Å². The van der Waals surface area contributed by atoms with Crippen LogP contribution >= 0.6 is 0 Å². The Hall–Kier alpha value is -5.34. The Kier molecular flexibility index (Phi) is 7.44. The van der Waals surface area contributed by atoms with E-state index in [9.17, 15) is 19.8 Å². The molecule has 0 saturated heterocycles. The lowest BCUT2D eigenvalue weighted by molar-refractivity contribution is 0.0648. The van der Waals surface area contributed by atoms with Gasteiger partial charge < -0.3 is 30.7 Å². The maximum absolute atomic E-state index is 14.3. The minimum atomic E-state index is -0.396. The summed E-state index contributed by atoms with van der Waals surface area (Å²) in [4.78, 5) is 30.0. The number of fused-ring (bicyclic) bond motifs is 1. The van der Waals surface area contributed by atoms with Crippen LogP contribution in [0.15, 0.2) is 103 Å². The van der Waals surface area contributed by atoms with Gasteiger partial charge in [0.1, 0.15) is 11.5 Å². The van der Waals surface area contributed by atoms with Crippen molar-refractivity contribution in [1.29, 1.82) is 0 Å². The Morgan fingerprint density at radius 2 is 1.53 bits per heavy atom. The molecule has 1 atom stereocenters. The largest absolute Gasteiger partial charge is 0.508 e. The number of rotatable bonds is 6. The maximum atomic E-state index is 14.3. The molecule has 1 aromatic heterocycles. The number of aromatic hydroxyl groups is 2. The molecule has 0 bridgehead atoms. The molecule has 43 heavy (non-hydrogen) atoms. The zero-order valence-electron chi connectivity index (χ0n) is 23.7. The van der Waals surface area contributed by atoms with E-state index in [1.807, 2.05) is 60.0 Å². The molecular weight excluding hydrogens is 540 g/mol. The Bertz CT molecular complexity index is 1810. The van der Waals surface area contributed by atoms with Crippen molar-refractivity contribution in [3.8, 4) is 28.3 Å². The first kappa shape index (κ1) is 27.8. The van der Waals surface area contributed by atoms with Crippen LogP contribution in [0.1, 0.15) is 37.5 Å². The third-order valence-electron chi connectivity index (χ3n) is 8.05. The molecule has 8 heteroatoms. The summed E-state index contributed by atoms with van der Waals surface area (Å²) in [6.07, 6.45) is 2.39. The molecule has 2 amide bonds. The fraction of sp³-hybridized carbons (Fsp3) is 0.143. The highest BCUT2D eigenvalue weighted by molar-refractivity contribution is 6.12. The van der Waals surface area contributed by atoms with E-state index >= 15 is 0 Å². The molecule has 1 aliphatic heterocycles. The summed E-state index contributed by atoms with van der Waals surface area (Å²) in [5.74, 6) is -0.560. The van der Waals surface area contributed by atoms with E-state index in [4.69, 9.17) is 5.73 Å². The topological polar surface area (TPSA) is 121 Å². The molecule has 2 heterocycles. The van der Waals surface area contributed by atoms with E-state index < -0.39 is 5.91 Å². The highest BCUT2D eigenvalue weighted by atomic mass is 16.3. The van der Waals surface area contributed by atoms with Gasteiger partial charge in [-0.2, -0.15) is 0 Å². The standard InChI is InChI=1S/C35H32N4O4/c1-22-33(32(21-38(22)26-9-3-2-4-10-26)34(42)37-25-11-13-28(40)14-12-25)31-18-29(41)15-16-30(31)35(43)39-20-24-8-6-5-7-23(24)17-27(39)19-36/h2-16,18,21,27,40-41H,17,19-20,36H2,1H3,(H,37,42)/t27-/m0/s1. The first-order valence-corrected chi connectivity index (χ1v) is 14.1. The van der Waals surface area contributed by atoms with E-state index in [-0.39, 0.29) is 23.4 Å². The van der Waals surface area contributed by atoms with E-state index in [2.05, 4.69) is 11.4 Å². The molecule has 216 valence electrons. The van der Waals surface area contributed by atoms with Gasteiger partial charge in [0.25, 0.3) is 11.8 Å². The quantitative estimate of drug-likeness (QED) is 0.196. The Balaban J connectivity index is 1.48. The van der Waals surface area contributed by atoms with Gasteiger partial charge in [-0.1, -0.05) is 42.5 Å². The van der Waals surface area contributed by atoms with Crippen molar-refractivity contribution in [1.82, 2.24) is 9.47 Å². The highest BCUT2D eigenvalue weighted by Gasteiger charge is 2.32. The van der Waals surface area contributed by atoms with Crippen molar-refractivity contribution < 1.29 is 19.8 Å². The summed E-state index contributed by atoms with van der Waals surface area (Å²) in [5.41, 5.74) is 12.2. The number of amides is 2. The van der Waals surface area contributed by atoms with Crippen molar-refractivity contribution >= 4 is 17.5 Å². The Labute approximate surface area is 249 Å². The molecule has 5 N–H and O–H groups in total. The Morgan fingerprint density at radius 1 is 0.860 bits per heavy atom. The number of carbonyl (C=O) groups is 2. The Morgan fingerprint density at radius 3 is 2.26 bits per heavy atom. The van der Waals surface area contributed by atoms with Gasteiger partial charge in [-0.15, -0.1) is 0 Å². The average Bonchev–Trinajstić information content (AvgIpc) is 3.38. The monoisotopic (exact) mass is 572 g/mol. The second-order valence-corrected chi connectivity index (χ2v) is 10.7. The second kappa shape index (κ2) is 11.5. The third-order valence-corrected chi connectivity index (χ3v) is 8.05. The summed E-state index contributed by atoms with van der Waals surface area (Å²) >= 11 is 0. The van der Waals surface area contributed by atoms with Gasteiger partial charge in [-0.25, -0.2) is 0 Å². The number of hydrogen-bond acceptors (Lipinski definition) is 5. The first-order chi connectivity index (χ1) is 20.8. The smallest absolute Gasteiger partial charge is 0.257 e. The van der Waals surface area contributed by atoms with E-state index in [1.165, 1.54) is 29.8 Å². The summed E-state index contributed by atoms with van der Waals surface area (Å²) in [6, 6.07) is 28.3. The zero-order valence-corrected chi connectivity index (χ0v) is 23.7. The average molecular weight is 573 g/mol. The highest BCUT2D eigenvalue weighted by Crippen LogP contribution is 2.37. The minimum Gasteiger partial charge on any atom is -0.508 e. The van der Waals surface area contributed by atoms with Crippen molar-refractivity contribution in [3.05, 3.63) is 131 Å².